The van der Waals surface area contributed by atoms with Crippen molar-refractivity contribution in [2.45, 2.75) is 27.2 Å². The summed E-state index contributed by atoms with van der Waals surface area (Å²) in [6, 6.07) is 14.0. The second-order valence-electron chi connectivity index (χ2n) is 5.97. The third-order valence-corrected chi connectivity index (χ3v) is 4.02. The Bertz CT molecular complexity index is 798. The van der Waals surface area contributed by atoms with Gasteiger partial charge in [0.25, 0.3) is 0 Å². The van der Waals surface area contributed by atoms with E-state index in [2.05, 4.69) is 12.2 Å². The number of aryl methyl sites for hydroxylation is 1. The van der Waals surface area contributed by atoms with Gasteiger partial charge in [0.1, 0.15) is 6.54 Å². The van der Waals surface area contributed by atoms with Crippen LogP contribution < -0.4 is 10.2 Å². The van der Waals surface area contributed by atoms with E-state index in [1.54, 1.807) is 31.2 Å². The number of nitrogens with zero attached hydrogens (tertiary/aromatic N) is 1. The standard InChI is InChI=1S/C21H24N2O4/c1-4-16-6-10-18(11-7-16)22-20(25)14-23(15(3)24)19-12-8-17(9-13-19)21(26)27-5-2/h6-13H,4-5,14H2,1-3H3,(H,22,25). The van der Waals surface area contributed by atoms with Crippen LogP contribution in [0.1, 0.15) is 36.7 Å². The zero-order valence-electron chi connectivity index (χ0n) is 15.8. The predicted octanol–water partition coefficient (Wildman–Crippen LogP) is 3.42. The molecule has 0 radical (unpaired) electrons. The summed E-state index contributed by atoms with van der Waals surface area (Å²) in [5.74, 6) is -0.994. The number of carbonyl (C=O) groups is 3. The summed E-state index contributed by atoms with van der Waals surface area (Å²) in [5, 5.41) is 2.79. The molecule has 6 nitrogen and oxygen atoms in total. The monoisotopic (exact) mass is 368 g/mol. The Labute approximate surface area is 159 Å². The van der Waals surface area contributed by atoms with Gasteiger partial charge in [0.05, 0.1) is 12.2 Å². The zero-order valence-corrected chi connectivity index (χ0v) is 15.8. The average molecular weight is 368 g/mol. The number of ether oxygens (including phenoxy) is 1. The third kappa shape index (κ3) is 5.67. The van der Waals surface area contributed by atoms with Crippen molar-refractivity contribution in [3.8, 4) is 0 Å². The van der Waals surface area contributed by atoms with E-state index in [9.17, 15) is 14.4 Å². The first-order valence-electron chi connectivity index (χ1n) is 8.88. The molecule has 0 bridgehead atoms. The van der Waals surface area contributed by atoms with Crippen LogP contribution in [0, 0.1) is 0 Å². The van der Waals surface area contributed by atoms with Gasteiger partial charge in [-0.1, -0.05) is 19.1 Å². The van der Waals surface area contributed by atoms with E-state index in [1.165, 1.54) is 17.4 Å². The van der Waals surface area contributed by atoms with Crippen LogP contribution in [0.3, 0.4) is 0 Å². The Morgan fingerprint density at radius 2 is 1.59 bits per heavy atom. The van der Waals surface area contributed by atoms with Crippen molar-refractivity contribution in [1.29, 1.82) is 0 Å². The minimum atomic E-state index is -0.424. The summed E-state index contributed by atoms with van der Waals surface area (Å²) in [5.41, 5.74) is 2.79. The molecule has 2 rings (SSSR count). The quantitative estimate of drug-likeness (QED) is 0.760. The molecule has 2 aromatic rings. The number of nitrogens with one attached hydrogen (secondary N) is 1. The van der Waals surface area contributed by atoms with Crippen molar-refractivity contribution in [2.24, 2.45) is 0 Å². The molecule has 0 fully saturated rings. The lowest BCUT2D eigenvalue weighted by molar-refractivity contribution is -0.120. The predicted molar refractivity (Wildman–Crippen MR) is 105 cm³/mol. The molecule has 1 N–H and O–H groups in total. The second-order valence-corrected chi connectivity index (χ2v) is 5.97. The number of esters is 1. The van der Waals surface area contributed by atoms with Gasteiger partial charge >= 0.3 is 5.97 Å². The van der Waals surface area contributed by atoms with Gasteiger partial charge in [0, 0.05) is 18.3 Å². The van der Waals surface area contributed by atoms with Crippen LogP contribution in [-0.2, 0) is 20.7 Å². The molecule has 2 aromatic carbocycles. The molecule has 0 aromatic heterocycles. The summed E-state index contributed by atoms with van der Waals surface area (Å²) in [4.78, 5) is 37.4. The van der Waals surface area contributed by atoms with E-state index in [0.29, 0.717) is 23.5 Å². The Hall–Kier alpha value is -3.15. The molecule has 0 saturated carbocycles. The number of benzene rings is 2. The van der Waals surface area contributed by atoms with Crippen LogP contribution in [0.15, 0.2) is 48.5 Å². The lowest BCUT2D eigenvalue weighted by Crippen LogP contribution is -2.36. The zero-order chi connectivity index (χ0) is 19.8. The highest BCUT2D eigenvalue weighted by molar-refractivity contribution is 6.02. The first-order chi connectivity index (χ1) is 12.9. The summed E-state index contributed by atoms with van der Waals surface area (Å²) in [6.45, 7) is 5.36. The fraction of sp³-hybridized carbons (Fsp3) is 0.286. The van der Waals surface area contributed by atoms with Gasteiger partial charge in [-0.25, -0.2) is 4.79 Å². The lowest BCUT2D eigenvalue weighted by atomic mass is 10.1. The molecular formula is C21H24N2O4. The summed E-state index contributed by atoms with van der Waals surface area (Å²) >= 11 is 0. The van der Waals surface area contributed by atoms with E-state index in [4.69, 9.17) is 4.74 Å². The van der Waals surface area contributed by atoms with Crippen LogP contribution in [0.25, 0.3) is 0 Å². The van der Waals surface area contributed by atoms with Gasteiger partial charge in [-0.15, -0.1) is 0 Å². The minimum absolute atomic E-state index is 0.121. The second kappa shape index (κ2) is 9.52. The van der Waals surface area contributed by atoms with Crippen LogP contribution in [0.5, 0.6) is 0 Å². The maximum absolute atomic E-state index is 12.3. The number of carbonyl (C=O) groups excluding carboxylic acids is 3. The number of hydrogen-bond donors (Lipinski definition) is 1. The van der Waals surface area contributed by atoms with Crippen LogP contribution in [0.4, 0.5) is 11.4 Å². The molecule has 0 heterocycles. The van der Waals surface area contributed by atoms with Crippen molar-refractivity contribution in [2.75, 3.05) is 23.4 Å². The topological polar surface area (TPSA) is 75.7 Å². The molecule has 0 spiro atoms. The van der Waals surface area contributed by atoms with Crippen LogP contribution in [0.2, 0.25) is 0 Å². The molecule has 6 heteroatoms. The van der Waals surface area contributed by atoms with Crippen molar-refractivity contribution in [1.82, 2.24) is 0 Å². The highest BCUT2D eigenvalue weighted by Gasteiger charge is 2.17. The van der Waals surface area contributed by atoms with E-state index in [0.717, 1.165) is 6.42 Å². The lowest BCUT2D eigenvalue weighted by Gasteiger charge is -2.21. The summed E-state index contributed by atoms with van der Waals surface area (Å²) in [7, 11) is 0. The number of amides is 2. The highest BCUT2D eigenvalue weighted by Crippen LogP contribution is 2.17. The van der Waals surface area contributed by atoms with Crippen molar-refractivity contribution < 1.29 is 19.1 Å². The molecule has 0 aliphatic heterocycles. The van der Waals surface area contributed by atoms with Gasteiger partial charge in [0.15, 0.2) is 0 Å². The minimum Gasteiger partial charge on any atom is -0.462 e. The van der Waals surface area contributed by atoms with Gasteiger partial charge in [-0.3, -0.25) is 9.59 Å². The summed E-state index contributed by atoms with van der Waals surface area (Å²) < 4.78 is 4.94. The fourth-order valence-corrected chi connectivity index (χ4v) is 2.54. The van der Waals surface area contributed by atoms with E-state index in [1.807, 2.05) is 24.3 Å². The van der Waals surface area contributed by atoms with Crippen molar-refractivity contribution in [3.05, 3.63) is 59.7 Å². The fourth-order valence-electron chi connectivity index (χ4n) is 2.54. The van der Waals surface area contributed by atoms with Gasteiger partial charge in [0.2, 0.25) is 11.8 Å². The van der Waals surface area contributed by atoms with E-state index in [-0.39, 0.29) is 18.4 Å². The highest BCUT2D eigenvalue weighted by atomic mass is 16.5. The van der Waals surface area contributed by atoms with Gasteiger partial charge < -0.3 is 15.0 Å². The van der Waals surface area contributed by atoms with Crippen LogP contribution in [-0.4, -0.2) is 30.9 Å². The molecule has 0 atom stereocenters. The number of anilines is 2. The van der Waals surface area contributed by atoms with E-state index < -0.39 is 5.97 Å². The number of rotatable bonds is 7. The molecule has 0 aliphatic rings. The Balaban J connectivity index is 2.06. The molecule has 0 unspecified atom stereocenters. The summed E-state index contributed by atoms with van der Waals surface area (Å²) in [6.07, 6.45) is 0.925. The van der Waals surface area contributed by atoms with Gasteiger partial charge in [-0.2, -0.15) is 0 Å². The largest absolute Gasteiger partial charge is 0.462 e. The molecule has 0 aliphatic carbocycles. The molecule has 27 heavy (non-hydrogen) atoms. The first-order valence-corrected chi connectivity index (χ1v) is 8.88. The molecule has 142 valence electrons. The van der Waals surface area contributed by atoms with Crippen molar-refractivity contribution in [3.63, 3.8) is 0 Å². The average Bonchev–Trinajstić information content (AvgIpc) is 2.67. The molecular weight excluding hydrogens is 344 g/mol. The third-order valence-electron chi connectivity index (χ3n) is 4.02. The maximum atomic E-state index is 12.3. The molecule has 2 amide bonds. The maximum Gasteiger partial charge on any atom is 0.338 e. The Morgan fingerprint density at radius 3 is 2.11 bits per heavy atom. The normalized spacial score (nSPS) is 10.2. The van der Waals surface area contributed by atoms with Gasteiger partial charge in [-0.05, 0) is 55.3 Å². The Morgan fingerprint density at radius 1 is 0.963 bits per heavy atom. The van der Waals surface area contributed by atoms with Crippen molar-refractivity contribution >= 4 is 29.2 Å². The smallest absolute Gasteiger partial charge is 0.338 e. The molecule has 0 saturated heterocycles. The van der Waals surface area contributed by atoms with E-state index >= 15 is 0 Å². The van der Waals surface area contributed by atoms with Crippen LogP contribution >= 0.6 is 0 Å². The Kier molecular flexibility index (Phi) is 7.11. The number of hydrogen-bond acceptors (Lipinski definition) is 4. The first kappa shape index (κ1) is 20.2. The SMILES string of the molecule is CCOC(=O)c1ccc(N(CC(=O)Nc2ccc(CC)cc2)C(C)=O)cc1.